The van der Waals surface area contributed by atoms with Crippen LogP contribution in [-0.2, 0) is 0 Å². The molecule has 25 heavy (non-hydrogen) atoms. The minimum Gasteiger partial charge on any atom is -0.396 e. The van der Waals surface area contributed by atoms with Crippen molar-refractivity contribution in [2.24, 2.45) is 11.6 Å². The minimum atomic E-state index is 0.636. The predicted molar refractivity (Wildman–Crippen MR) is 113 cm³/mol. The predicted octanol–water partition coefficient (Wildman–Crippen LogP) is 4.29. The number of anilines is 1. The van der Waals surface area contributed by atoms with Crippen LogP contribution in [0.5, 0.6) is 0 Å². The highest BCUT2D eigenvalue weighted by molar-refractivity contribution is 5.81. The Balaban J connectivity index is 0.00000134. The largest absolute Gasteiger partial charge is 0.396 e. The van der Waals surface area contributed by atoms with Crippen molar-refractivity contribution in [1.29, 1.82) is 0 Å². The molecule has 0 radical (unpaired) electrons. The van der Waals surface area contributed by atoms with Gasteiger partial charge in [-0.05, 0) is 11.6 Å². The normalized spacial score (nSPS) is 19.1. The van der Waals surface area contributed by atoms with Crippen LogP contribution in [0.2, 0.25) is 0 Å². The molecule has 1 aromatic carbocycles. The van der Waals surface area contributed by atoms with E-state index in [9.17, 15) is 0 Å². The van der Waals surface area contributed by atoms with Crippen molar-refractivity contribution in [3.8, 4) is 0 Å². The summed E-state index contributed by atoms with van der Waals surface area (Å²) in [6.07, 6.45) is 3.61. The fourth-order valence-electron chi connectivity index (χ4n) is 2.67. The van der Waals surface area contributed by atoms with E-state index in [1.54, 1.807) is 13.1 Å². The van der Waals surface area contributed by atoms with E-state index in [-0.39, 0.29) is 0 Å². The molecular formula is C21H34N4. The van der Waals surface area contributed by atoms with Crippen LogP contribution < -0.4 is 16.5 Å². The third-order valence-corrected chi connectivity index (χ3v) is 3.67. The number of hydrazine groups is 1. The Morgan fingerprint density at radius 3 is 2.12 bits per heavy atom. The first-order valence-electron chi connectivity index (χ1n) is 8.78. The first-order chi connectivity index (χ1) is 12.0. The van der Waals surface area contributed by atoms with Crippen molar-refractivity contribution < 1.29 is 0 Å². The van der Waals surface area contributed by atoms with E-state index in [0.717, 1.165) is 28.1 Å². The van der Waals surface area contributed by atoms with Crippen molar-refractivity contribution in [2.45, 2.75) is 27.7 Å². The minimum absolute atomic E-state index is 0.636. The number of allylic oxidation sites excluding steroid dienone is 1. The van der Waals surface area contributed by atoms with E-state index in [2.05, 4.69) is 24.1 Å². The standard InChI is InChI=1S/C17H22N4.2C2H6/c1-5-12-11-20(3)15-10-8-7-9-14(15)16(18)17(21(4)19)13(12)6-2;2*1-2/h5-10H,1-2,11,18-19H2,3-4H3;2*1-2H3/b13-12-,17-16-;;. The van der Waals surface area contributed by atoms with Crippen LogP contribution in [0.4, 0.5) is 5.69 Å². The highest BCUT2D eigenvalue weighted by atomic mass is 15.4. The molecule has 2 rings (SSSR count). The number of hydrogen-bond donors (Lipinski definition) is 2. The van der Waals surface area contributed by atoms with Crippen LogP contribution in [0.25, 0.3) is 5.70 Å². The zero-order chi connectivity index (χ0) is 19.6. The number of nitrogens with two attached hydrogens (primary N) is 2. The van der Waals surface area contributed by atoms with E-state index < -0.39 is 0 Å². The summed E-state index contributed by atoms with van der Waals surface area (Å²) in [5.74, 6) is 6.02. The van der Waals surface area contributed by atoms with Crippen molar-refractivity contribution in [2.75, 3.05) is 25.5 Å². The fraction of sp³-hybridized carbons (Fsp3) is 0.333. The monoisotopic (exact) mass is 342 g/mol. The Morgan fingerprint density at radius 1 is 1.08 bits per heavy atom. The Hall–Kier alpha value is -2.46. The molecule has 0 aliphatic carbocycles. The van der Waals surface area contributed by atoms with Crippen molar-refractivity contribution >= 4 is 11.4 Å². The second-order valence-electron chi connectivity index (χ2n) is 5.09. The Morgan fingerprint density at radius 2 is 1.64 bits per heavy atom. The van der Waals surface area contributed by atoms with Gasteiger partial charge >= 0.3 is 0 Å². The molecule has 4 nitrogen and oxygen atoms in total. The van der Waals surface area contributed by atoms with Crippen LogP contribution in [0, 0.1) is 0 Å². The maximum absolute atomic E-state index is 6.42. The van der Waals surface area contributed by atoms with Gasteiger partial charge in [-0.1, -0.05) is 71.2 Å². The maximum atomic E-state index is 6.42. The second kappa shape index (κ2) is 11.2. The SMILES string of the molecule is C=C/C1=C(C=C)/C(N(C)N)=C(/N)c2ccccc2N(C)C1.CC.CC. The summed E-state index contributed by atoms with van der Waals surface area (Å²) in [5.41, 5.74) is 11.8. The lowest BCUT2D eigenvalue weighted by Gasteiger charge is -2.30. The molecule has 0 bridgehead atoms. The van der Waals surface area contributed by atoms with Gasteiger partial charge in [0.15, 0.2) is 0 Å². The van der Waals surface area contributed by atoms with Crippen LogP contribution in [-0.4, -0.2) is 25.6 Å². The molecule has 0 saturated heterocycles. The molecule has 0 amide bonds. The second-order valence-corrected chi connectivity index (χ2v) is 5.09. The van der Waals surface area contributed by atoms with Gasteiger partial charge in [0, 0.05) is 37.5 Å². The van der Waals surface area contributed by atoms with Crippen molar-refractivity contribution in [3.63, 3.8) is 0 Å². The number of likely N-dealkylation sites (N-methyl/N-ethyl adjacent to an activating group) is 2. The molecular weight excluding hydrogens is 308 g/mol. The molecule has 4 N–H and O–H groups in total. The Labute approximate surface area is 153 Å². The van der Waals surface area contributed by atoms with E-state index in [1.807, 2.05) is 59.0 Å². The number of para-hydroxylation sites is 1. The Kier molecular flexibility index (Phi) is 10.1. The van der Waals surface area contributed by atoms with Gasteiger partial charge in [-0.2, -0.15) is 0 Å². The summed E-state index contributed by atoms with van der Waals surface area (Å²) in [7, 11) is 3.81. The van der Waals surface area contributed by atoms with Crippen LogP contribution >= 0.6 is 0 Å². The van der Waals surface area contributed by atoms with Gasteiger partial charge in [0.05, 0.1) is 11.4 Å². The zero-order valence-electron chi connectivity index (χ0n) is 16.6. The topological polar surface area (TPSA) is 58.5 Å². The highest BCUT2D eigenvalue weighted by Crippen LogP contribution is 2.33. The van der Waals surface area contributed by atoms with Crippen LogP contribution in [0.1, 0.15) is 33.3 Å². The van der Waals surface area contributed by atoms with Gasteiger partial charge in [-0.25, -0.2) is 5.84 Å². The lowest BCUT2D eigenvalue weighted by molar-refractivity contribution is 0.451. The van der Waals surface area contributed by atoms with Crippen LogP contribution in [0.15, 0.2) is 66.4 Å². The molecule has 1 aliphatic heterocycles. The van der Waals surface area contributed by atoms with Crippen molar-refractivity contribution in [3.05, 3.63) is 72.0 Å². The van der Waals surface area contributed by atoms with Gasteiger partial charge in [0.1, 0.15) is 0 Å². The van der Waals surface area contributed by atoms with E-state index >= 15 is 0 Å². The quantitative estimate of drug-likeness (QED) is 0.635. The summed E-state index contributed by atoms with van der Waals surface area (Å²) in [6.45, 7) is 16.5. The van der Waals surface area contributed by atoms with Crippen molar-refractivity contribution in [1.82, 2.24) is 5.01 Å². The highest BCUT2D eigenvalue weighted by Gasteiger charge is 2.21. The number of hydrogen-bond acceptors (Lipinski definition) is 4. The summed E-state index contributed by atoms with van der Waals surface area (Å²) in [5, 5.41) is 1.54. The third kappa shape index (κ3) is 5.00. The van der Waals surface area contributed by atoms with Crippen LogP contribution in [0.3, 0.4) is 0 Å². The maximum Gasteiger partial charge on any atom is 0.0826 e. The molecule has 1 heterocycles. The first kappa shape index (κ1) is 22.5. The van der Waals surface area contributed by atoms with E-state index in [1.165, 1.54) is 5.01 Å². The number of benzene rings is 1. The van der Waals surface area contributed by atoms with Gasteiger partial charge in [-0.3, -0.25) is 0 Å². The van der Waals surface area contributed by atoms with Gasteiger partial charge in [0.25, 0.3) is 0 Å². The summed E-state index contributed by atoms with van der Waals surface area (Å²) < 4.78 is 0. The van der Waals surface area contributed by atoms with Gasteiger partial charge < -0.3 is 15.6 Å². The third-order valence-electron chi connectivity index (χ3n) is 3.67. The molecule has 1 aliphatic rings. The smallest absolute Gasteiger partial charge is 0.0826 e. The summed E-state index contributed by atoms with van der Waals surface area (Å²) in [6, 6.07) is 8.03. The molecule has 138 valence electrons. The fourth-order valence-corrected chi connectivity index (χ4v) is 2.67. The van der Waals surface area contributed by atoms with E-state index in [0.29, 0.717) is 12.2 Å². The number of nitrogens with zero attached hydrogens (tertiary/aromatic N) is 2. The number of rotatable bonds is 3. The average Bonchev–Trinajstić information content (AvgIpc) is 2.65. The lowest BCUT2D eigenvalue weighted by atomic mass is 9.96. The first-order valence-corrected chi connectivity index (χ1v) is 8.78. The molecule has 0 spiro atoms. The van der Waals surface area contributed by atoms with Gasteiger partial charge in [-0.15, -0.1) is 0 Å². The lowest BCUT2D eigenvalue weighted by Crippen LogP contribution is -2.32. The zero-order valence-corrected chi connectivity index (χ0v) is 16.6. The molecule has 1 aromatic rings. The molecule has 0 fully saturated rings. The van der Waals surface area contributed by atoms with Gasteiger partial charge in [0.2, 0.25) is 0 Å². The Bertz CT molecular complexity index is 639. The molecule has 0 atom stereocenters. The molecule has 4 heteroatoms. The summed E-state index contributed by atoms with van der Waals surface area (Å²) >= 11 is 0. The number of fused-ring (bicyclic) bond motifs is 1. The van der Waals surface area contributed by atoms with E-state index in [4.69, 9.17) is 11.6 Å². The molecule has 0 saturated carbocycles. The summed E-state index contributed by atoms with van der Waals surface area (Å²) in [4.78, 5) is 2.15. The molecule has 0 unspecified atom stereocenters. The molecule has 0 aromatic heterocycles. The average molecular weight is 343 g/mol.